The van der Waals surface area contributed by atoms with Crippen LogP contribution in [0.25, 0.3) is 5.69 Å². The molecule has 1 aromatic heterocycles. The molecule has 1 unspecified atom stereocenters. The van der Waals surface area contributed by atoms with Crippen LogP contribution < -0.4 is 5.32 Å². The number of hydrogen-bond donors (Lipinski definition) is 2. The number of halogens is 3. The Hall–Kier alpha value is -2.84. The van der Waals surface area contributed by atoms with Gasteiger partial charge in [-0.05, 0) is 31.0 Å². The minimum atomic E-state index is -4.47. The van der Waals surface area contributed by atoms with Crippen LogP contribution in [0.15, 0.2) is 30.5 Å². The third-order valence-corrected chi connectivity index (χ3v) is 3.81. The molecule has 1 amide bonds. The summed E-state index contributed by atoms with van der Waals surface area (Å²) in [5.41, 5.74) is -0.0216. The molecule has 0 aliphatic heterocycles. The molecule has 9 heteroatoms. The Morgan fingerprint density at radius 1 is 1.35 bits per heavy atom. The summed E-state index contributed by atoms with van der Waals surface area (Å²) in [5.74, 6) is -1.67. The number of carboxylic acids is 1. The zero-order valence-corrected chi connectivity index (χ0v) is 14.2. The molecular weight excluding hydrogens is 351 g/mol. The number of rotatable bonds is 6. The number of nitrogens with zero attached hydrogens (tertiary/aromatic N) is 2. The molecule has 0 bridgehead atoms. The first-order valence-electron chi connectivity index (χ1n) is 7.82. The first-order valence-corrected chi connectivity index (χ1v) is 7.82. The number of hydrogen-bond acceptors (Lipinski definition) is 3. The summed E-state index contributed by atoms with van der Waals surface area (Å²) in [7, 11) is 0. The summed E-state index contributed by atoms with van der Waals surface area (Å²) in [4.78, 5) is 22.9. The molecule has 1 heterocycles. The van der Waals surface area contributed by atoms with Gasteiger partial charge in [-0.3, -0.25) is 9.59 Å². The monoisotopic (exact) mass is 369 g/mol. The molecule has 2 aromatic rings. The maximum absolute atomic E-state index is 12.8. The SMILES string of the molecule is Cc1c(C(=O)NCC(C)CC(=O)O)cnn1-c1cccc(C(F)(F)F)c1. The van der Waals surface area contributed by atoms with Crippen LogP contribution in [0.3, 0.4) is 0 Å². The van der Waals surface area contributed by atoms with Crippen LogP contribution in [0.2, 0.25) is 0 Å². The van der Waals surface area contributed by atoms with Crippen molar-refractivity contribution < 1.29 is 27.9 Å². The minimum absolute atomic E-state index is 0.0806. The first kappa shape index (κ1) is 19.5. The molecule has 140 valence electrons. The van der Waals surface area contributed by atoms with Gasteiger partial charge in [-0.25, -0.2) is 4.68 Å². The number of nitrogens with one attached hydrogen (secondary N) is 1. The van der Waals surface area contributed by atoms with E-state index in [-0.39, 0.29) is 30.1 Å². The number of aromatic nitrogens is 2. The highest BCUT2D eigenvalue weighted by molar-refractivity contribution is 5.95. The topological polar surface area (TPSA) is 84.2 Å². The Kier molecular flexibility index (Phi) is 5.69. The van der Waals surface area contributed by atoms with Crippen LogP contribution in [0.5, 0.6) is 0 Å². The fraction of sp³-hybridized carbons (Fsp3) is 0.353. The zero-order valence-electron chi connectivity index (χ0n) is 14.2. The minimum Gasteiger partial charge on any atom is -0.481 e. The van der Waals surface area contributed by atoms with Crippen LogP contribution in [-0.4, -0.2) is 33.3 Å². The summed E-state index contributed by atoms with van der Waals surface area (Å²) in [6, 6.07) is 4.65. The molecule has 0 saturated carbocycles. The van der Waals surface area contributed by atoms with Gasteiger partial charge in [0.25, 0.3) is 5.91 Å². The second kappa shape index (κ2) is 7.59. The molecule has 0 spiro atoms. The molecule has 0 radical (unpaired) electrons. The van der Waals surface area contributed by atoms with E-state index in [9.17, 15) is 22.8 Å². The molecule has 1 aromatic carbocycles. The lowest BCUT2D eigenvalue weighted by molar-refractivity contribution is -0.138. The fourth-order valence-corrected chi connectivity index (χ4v) is 2.44. The maximum Gasteiger partial charge on any atom is 0.416 e. The third kappa shape index (κ3) is 4.62. The van der Waals surface area contributed by atoms with E-state index in [4.69, 9.17) is 5.11 Å². The normalized spacial score (nSPS) is 12.7. The van der Waals surface area contributed by atoms with Gasteiger partial charge in [0.1, 0.15) is 0 Å². The number of carbonyl (C=O) groups excluding carboxylic acids is 1. The Morgan fingerprint density at radius 3 is 2.65 bits per heavy atom. The predicted molar refractivity (Wildman–Crippen MR) is 87.1 cm³/mol. The molecular formula is C17H18F3N3O3. The number of carbonyl (C=O) groups is 2. The second-order valence-electron chi connectivity index (χ2n) is 6.02. The van der Waals surface area contributed by atoms with Crippen LogP contribution in [0.1, 0.15) is 35.0 Å². The van der Waals surface area contributed by atoms with E-state index in [1.807, 2.05) is 0 Å². The molecule has 0 fully saturated rings. The predicted octanol–water partition coefficient (Wildman–Crippen LogP) is 3.04. The average molecular weight is 369 g/mol. The lowest BCUT2D eigenvalue weighted by Crippen LogP contribution is -2.29. The van der Waals surface area contributed by atoms with Gasteiger partial charge in [0.2, 0.25) is 0 Å². The number of alkyl halides is 3. The summed E-state index contributed by atoms with van der Waals surface area (Å²) >= 11 is 0. The molecule has 0 aliphatic rings. The van der Waals surface area contributed by atoms with Gasteiger partial charge in [0, 0.05) is 13.0 Å². The van der Waals surface area contributed by atoms with Gasteiger partial charge in [0.05, 0.1) is 28.7 Å². The van der Waals surface area contributed by atoms with Gasteiger partial charge in [-0.2, -0.15) is 18.3 Å². The number of benzene rings is 1. The average Bonchev–Trinajstić information content (AvgIpc) is 2.93. The summed E-state index contributed by atoms with van der Waals surface area (Å²) in [6.07, 6.45) is -3.28. The lowest BCUT2D eigenvalue weighted by atomic mass is 10.1. The summed E-state index contributed by atoms with van der Waals surface area (Å²) in [6.45, 7) is 3.43. The van der Waals surface area contributed by atoms with Gasteiger partial charge in [-0.1, -0.05) is 13.0 Å². The zero-order chi connectivity index (χ0) is 19.5. The maximum atomic E-state index is 12.8. The van der Waals surface area contributed by atoms with Crippen LogP contribution in [0.4, 0.5) is 13.2 Å². The molecule has 0 saturated heterocycles. The molecule has 1 atom stereocenters. The molecule has 2 rings (SSSR count). The Labute approximate surface area is 147 Å². The standard InChI is InChI=1S/C17H18F3N3O3/c1-10(6-15(24)25)8-21-16(26)14-9-22-23(11(14)2)13-5-3-4-12(7-13)17(18,19)20/h3-5,7,9-10H,6,8H2,1-2H3,(H,21,26)(H,24,25). The number of amides is 1. The quantitative estimate of drug-likeness (QED) is 0.820. The van der Waals surface area contributed by atoms with E-state index < -0.39 is 23.6 Å². The van der Waals surface area contributed by atoms with Crippen molar-refractivity contribution in [2.75, 3.05) is 6.54 Å². The first-order chi connectivity index (χ1) is 12.1. The summed E-state index contributed by atoms with van der Waals surface area (Å²) in [5, 5.41) is 15.3. The highest BCUT2D eigenvalue weighted by Gasteiger charge is 2.30. The lowest BCUT2D eigenvalue weighted by Gasteiger charge is -2.11. The van der Waals surface area contributed by atoms with Crippen molar-refractivity contribution in [1.29, 1.82) is 0 Å². The molecule has 2 N–H and O–H groups in total. The van der Waals surface area contributed by atoms with Crippen molar-refractivity contribution in [1.82, 2.24) is 15.1 Å². The smallest absolute Gasteiger partial charge is 0.416 e. The van der Waals surface area contributed by atoms with Crippen LogP contribution in [0, 0.1) is 12.8 Å². The number of carboxylic acid groups (broad SMARTS) is 1. The van der Waals surface area contributed by atoms with E-state index in [1.54, 1.807) is 13.8 Å². The Balaban J connectivity index is 2.17. The van der Waals surface area contributed by atoms with E-state index in [2.05, 4.69) is 10.4 Å². The largest absolute Gasteiger partial charge is 0.481 e. The Morgan fingerprint density at radius 2 is 2.04 bits per heavy atom. The van der Waals surface area contributed by atoms with Gasteiger partial charge < -0.3 is 10.4 Å². The highest BCUT2D eigenvalue weighted by atomic mass is 19.4. The summed E-state index contributed by atoms with van der Waals surface area (Å²) < 4.78 is 39.8. The Bertz CT molecular complexity index is 815. The van der Waals surface area contributed by atoms with E-state index >= 15 is 0 Å². The van der Waals surface area contributed by atoms with E-state index in [0.717, 1.165) is 12.1 Å². The van der Waals surface area contributed by atoms with Crippen molar-refractivity contribution in [3.05, 3.63) is 47.3 Å². The van der Waals surface area contributed by atoms with Crippen molar-refractivity contribution >= 4 is 11.9 Å². The number of aliphatic carboxylic acids is 1. The van der Waals surface area contributed by atoms with Gasteiger partial charge in [0.15, 0.2) is 0 Å². The fourth-order valence-electron chi connectivity index (χ4n) is 2.44. The molecule has 26 heavy (non-hydrogen) atoms. The van der Waals surface area contributed by atoms with Gasteiger partial charge >= 0.3 is 12.1 Å². The van der Waals surface area contributed by atoms with Gasteiger partial charge in [-0.15, -0.1) is 0 Å². The van der Waals surface area contributed by atoms with E-state index in [0.29, 0.717) is 5.69 Å². The highest BCUT2D eigenvalue weighted by Crippen LogP contribution is 2.30. The second-order valence-corrected chi connectivity index (χ2v) is 6.02. The van der Waals surface area contributed by atoms with Crippen molar-refractivity contribution in [3.63, 3.8) is 0 Å². The van der Waals surface area contributed by atoms with Crippen molar-refractivity contribution in [3.8, 4) is 5.69 Å². The van der Waals surface area contributed by atoms with Crippen molar-refractivity contribution in [2.24, 2.45) is 5.92 Å². The third-order valence-electron chi connectivity index (χ3n) is 3.81. The molecule has 0 aliphatic carbocycles. The van der Waals surface area contributed by atoms with Crippen LogP contribution in [-0.2, 0) is 11.0 Å². The van der Waals surface area contributed by atoms with Crippen LogP contribution >= 0.6 is 0 Å². The van der Waals surface area contributed by atoms with Crippen molar-refractivity contribution in [2.45, 2.75) is 26.4 Å². The van der Waals surface area contributed by atoms with E-state index in [1.165, 1.54) is 23.0 Å². The molecule has 6 nitrogen and oxygen atoms in total.